The van der Waals surface area contributed by atoms with Gasteiger partial charge in [0.1, 0.15) is 29.9 Å². The van der Waals surface area contributed by atoms with Crippen LogP contribution in [0.4, 0.5) is 15.0 Å². The van der Waals surface area contributed by atoms with Gasteiger partial charge in [-0.15, -0.1) is 6.42 Å². The van der Waals surface area contributed by atoms with Gasteiger partial charge in [-0.05, 0) is 77.3 Å². The van der Waals surface area contributed by atoms with Gasteiger partial charge in [0.25, 0.3) is 5.91 Å². The second-order valence-electron chi connectivity index (χ2n) is 14.7. The number of terminal acetylenes is 1. The fraction of sp³-hybridized carbons (Fsp3) is 0.636. The fourth-order valence-corrected chi connectivity index (χ4v) is 7.39. The standard InChI is InChI=1S/C33H43FN6O7/c1-8-32(6,7)24(37-30(45)47-31(3,4)5)28(43)39-15-18-11-12-19(34)17(2)22(18)23(39)27(42)40-16-33(14-20(40)25(35)41)29(44)38-26-21(46-33)10-9-13-36-26/h1,9-10,13,17-20,22-24H,11-12,14-16H2,2-7H3,(H2,35,41)(H,37,45)(H,36,38,44)/t17-,18+,19-,20+,22+,23+,24-,33-/m1/s1. The number of primary amides is 1. The lowest BCUT2D eigenvalue weighted by Gasteiger charge is -2.40. The summed E-state index contributed by atoms with van der Waals surface area (Å²) in [4.78, 5) is 75.1. The van der Waals surface area contributed by atoms with E-state index in [0.29, 0.717) is 6.42 Å². The number of hydrogen-bond donors (Lipinski definition) is 3. The van der Waals surface area contributed by atoms with Gasteiger partial charge in [-0.1, -0.05) is 12.8 Å². The molecular weight excluding hydrogens is 611 g/mol. The van der Waals surface area contributed by atoms with Crippen LogP contribution in [0.5, 0.6) is 5.75 Å². The van der Waals surface area contributed by atoms with Crippen LogP contribution in [0.3, 0.4) is 0 Å². The predicted octanol–water partition coefficient (Wildman–Crippen LogP) is 2.00. The van der Waals surface area contributed by atoms with E-state index in [1.165, 1.54) is 16.0 Å². The molecule has 0 unspecified atom stereocenters. The van der Waals surface area contributed by atoms with Crippen molar-refractivity contribution in [3.8, 4) is 18.1 Å². The van der Waals surface area contributed by atoms with Crippen molar-refractivity contribution in [1.82, 2.24) is 20.1 Å². The Hall–Kier alpha value is -4.41. The van der Waals surface area contributed by atoms with E-state index in [4.69, 9.17) is 21.6 Å². The van der Waals surface area contributed by atoms with Crippen LogP contribution in [0.25, 0.3) is 0 Å². The summed E-state index contributed by atoms with van der Waals surface area (Å²) < 4.78 is 26.8. The molecule has 14 heteroatoms. The van der Waals surface area contributed by atoms with Crippen molar-refractivity contribution in [2.24, 2.45) is 28.9 Å². The molecule has 5 amide bonds. The van der Waals surface area contributed by atoms with Crippen molar-refractivity contribution >= 4 is 35.5 Å². The molecule has 2 saturated heterocycles. The number of nitrogens with zero attached hydrogens (tertiary/aromatic N) is 3. The summed E-state index contributed by atoms with van der Waals surface area (Å²) in [6.07, 6.45) is 5.65. The molecule has 0 bridgehead atoms. The Bertz CT molecular complexity index is 1520. The van der Waals surface area contributed by atoms with Crippen LogP contribution in [0.1, 0.15) is 60.8 Å². The summed E-state index contributed by atoms with van der Waals surface area (Å²) in [6, 6.07) is -0.601. The number of likely N-dealkylation sites (tertiary alicyclic amines) is 2. The molecule has 8 atom stereocenters. The number of alkyl carbamates (subject to hydrolysis) is 1. The van der Waals surface area contributed by atoms with Crippen molar-refractivity contribution in [2.75, 3.05) is 18.4 Å². The maximum atomic E-state index is 15.3. The van der Waals surface area contributed by atoms with Gasteiger partial charge >= 0.3 is 6.09 Å². The molecule has 1 saturated carbocycles. The van der Waals surface area contributed by atoms with Crippen LogP contribution in [0.15, 0.2) is 18.3 Å². The van der Waals surface area contributed by atoms with Crippen LogP contribution >= 0.6 is 0 Å². The number of nitrogens with two attached hydrogens (primary N) is 1. The minimum absolute atomic E-state index is 0.0976. The zero-order chi connectivity index (χ0) is 34.6. The molecule has 0 aromatic carbocycles. The minimum atomic E-state index is -1.66. The van der Waals surface area contributed by atoms with E-state index in [1.54, 1.807) is 53.7 Å². The molecule has 4 N–H and O–H groups in total. The number of halogens is 1. The van der Waals surface area contributed by atoms with Crippen molar-refractivity contribution in [3.63, 3.8) is 0 Å². The van der Waals surface area contributed by atoms with E-state index in [1.807, 2.05) is 0 Å². The van der Waals surface area contributed by atoms with Crippen LogP contribution in [0, 0.1) is 35.5 Å². The van der Waals surface area contributed by atoms with Gasteiger partial charge in [0.2, 0.25) is 23.3 Å². The van der Waals surface area contributed by atoms with Crippen LogP contribution in [0.2, 0.25) is 0 Å². The lowest BCUT2D eigenvalue weighted by Crippen LogP contribution is -2.61. The molecule has 4 heterocycles. The van der Waals surface area contributed by atoms with Crippen molar-refractivity contribution < 1.29 is 37.8 Å². The van der Waals surface area contributed by atoms with Crippen LogP contribution in [-0.4, -0.2) is 93.1 Å². The molecular formula is C33H43FN6O7. The number of alkyl halides is 1. The maximum Gasteiger partial charge on any atom is 0.408 e. The molecule has 47 heavy (non-hydrogen) atoms. The first-order valence-corrected chi connectivity index (χ1v) is 15.9. The van der Waals surface area contributed by atoms with Gasteiger partial charge in [-0.25, -0.2) is 14.2 Å². The first kappa shape index (κ1) is 33.9. The molecule has 1 aromatic rings. The largest absolute Gasteiger partial charge is 0.472 e. The summed E-state index contributed by atoms with van der Waals surface area (Å²) in [6.45, 7) is 9.68. The van der Waals surface area contributed by atoms with Gasteiger partial charge in [-0.2, -0.15) is 0 Å². The number of carbonyl (C=O) groups excluding carboxylic acids is 5. The lowest BCUT2D eigenvalue weighted by molar-refractivity contribution is -0.150. The Morgan fingerprint density at radius 3 is 2.57 bits per heavy atom. The third kappa shape index (κ3) is 6.19. The van der Waals surface area contributed by atoms with Gasteiger partial charge < -0.3 is 35.6 Å². The SMILES string of the molecule is C#CC(C)(C)[C@H](NC(=O)OC(C)(C)C)C(=O)N1C[C@@H]2CC[C@@H](F)[C@@H](C)[C@@H]2[C@H]1C(=O)N1C[C@@]2(C[C@H]1C(N)=O)Oc1cccnc1NC2=O. The average Bonchev–Trinajstić information content (AvgIpc) is 3.57. The van der Waals surface area contributed by atoms with Crippen LogP contribution in [-0.2, 0) is 23.9 Å². The zero-order valence-electron chi connectivity index (χ0n) is 27.5. The quantitative estimate of drug-likeness (QED) is 0.405. The number of rotatable bonds is 5. The van der Waals surface area contributed by atoms with E-state index in [2.05, 4.69) is 21.5 Å². The number of fused-ring (bicyclic) bond motifs is 2. The third-order valence-corrected chi connectivity index (χ3v) is 9.86. The average molecular weight is 655 g/mol. The summed E-state index contributed by atoms with van der Waals surface area (Å²) in [5, 5.41) is 5.30. The Morgan fingerprint density at radius 2 is 1.94 bits per heavy atom. The molecule has 5 rings (SSSR count). The highest BCUT2D eigenvalue weighted by Gasteiger charge is 2.61. The van der Waals surface area contributed by atoms with Crippen LogP contribution < -0.4 is 21.1 Å². The number of hydrogen-bond acceptors (Lipinski definition) is 8. The first-order valence-electron chi connectivity index (χ1n) is 15.9. The van der Waals surface area contributed by atoms with Gasteiger partial charge in [0, 0.05) is 19.2 Å². The Labute approximate surface area is 273 Å². The zero-order valence-corrected chi connectivity index (χ0v) is 27.5. The van der Waals surface area contributed by atoms with Gasteiger partial charge in [0.05, 0.1) is 12.0 Å². The molecule has 4 aliphatic rings. The first-order chi connectivity index (χ1) is 21.9. The Morgan fingerprint density at radius 1 is 1.23 bits per heavy atom. The second kappa shape index (κ2) is 12.0. The normalized spacial score (nSPS) is 30.7. The minimum Gasteiger partial charge on any atom is -0.472 e. The molecule has 1 spiro atoms. The van der Waals surface area contributed by atoms with Crippen molar-refractivity contribution in [2.45, 2.75) is 96.3 Å². The number of aromatic nitrogens is 1. The topological polar surface area (TPSA) is 173 Å². The van der Waals surface area contributed by atoms with Gasteiger partial charge in [0.15, 0.2) is 11.6 Å². The van der Waals surface area contributed by atoms with E-state index in [0.717, 1.165) is 0 Å². The second-order valence-corrected chi connectivity index (χ2v) is 14.7. The highest BCUT2D eigenvalue weighted by molar-refractivity contribution is 6.03. The van der Waals surface area contributed by atoms with E-state index in [-0.39, 0.29) is 43.4 Å². The van der Waals surface area contributed by atoms with E-state index >= 15 is 4.39 Å². The van der Waals surface area contributed by atoms with E-state index in [9.17, 15) is 24.0 Å². The molecule has 3 aliphatic heterocycles. The molecule has 0 radical (unpaired) electrons. The summed E-state index contributed by atoms with van der Waals surface area (Å²) in [5.74, 6) is -1.25. The number of carbonyl (C=O) groups is 5. The Kier molecular flexibility index (Phi) is 8.66. The highest BCUT2D eigenvalue weighted by Crippen LogP contribution is 2.47. The molecule has 3 fully saturated rings. The van der Waals surface area contributed by atoms with Crippen molar-refractivity contribution in [3.05, 3.63) is 18.3 Å². The number of amides is 5. The molecule has 1 aromatic heterocycles. The predicted molar refractivity (Wildman–Crippen MR) is 167 cm³/mol. The number of ether oxygens (including phenoxy) is 2. The molecule has 254 valence electrons. The number of nitrogens with one attached hydrogen (secondary N) is 2. The molecule has 1 aliphatic carbocycles. The summed E-state index contributed by atoms with van der Waals surface area (Å²) in [7, 11) is 0. The summed E-state index contributed by atoms with van der Waals surface area (Å²) in [5.41, 5.74) is 2.04. The smallest absolute Gasteiger partial charge is 0.408 e. The summed E-state index contributed by atoms with van der Waals surface area (Å²) >= 11 is 0. The monoisotopic (exact) mass is 654 g/mol. The number of anilines is 1. The lowest BCUT2D eigenvalue weighted by atomic mass is 9.70. The maximum absolute atomic E-state index is 15.3. The fourth-order valence-electron chi connectivity index (χ4n) is 7.39. The highest BCUT2D eigenvalue weighted by atomic mass is 19.1. The van der Waals surface area contributed by atoms with Crippen molar-refractivity contribution in [1.29, 1.82) is 0 Å². The third-order valence-electron chi connectivity index (χ3n) is 9.86. The Balaban J connectivity index is 1.52. The van der Waals surface area contributed by atoms with Gasteiger partial charge in [-0.3, -0.25) is 19.2 Å². The molecule has 13 nitrogen and oxygen atoms in total. The number of pyridine rings is 1. The van der Waals surface area contributed by atoms with E-state index < -0.39 is 82.5 Å².